The molecule has 1 aliphatic rings. The normalized spacial score (nSPS) is 22.8. The highest BCUT2D eigenvalue weighted by molar-refractivity contribution is 5.79. The Balaban J connectivity index is 2.14. The predicted molar refractivity (Wildman–Crippen MR) is 79.4 cm³/mol. The van der Waals surface area contributed by atoms with Crippen LogP contribution < -0.4 is 5.32 Å². The third kappa shape index (κ3) is 6.92. The second-order valence-corrected chi connectivity index (χ2v) is 6.48. The summed E-state index contributed by atoms with van der Waals surface area (Å²) < 4.78 is 0. The topological polar surface area (TPSA) is 66.4 Å². The van der Waals surface area contributed by atoms with Crippen molar-refractivity contribution < 1.29 is 14.7 Å². The van der Waals surface area contributed by atoms with Crippen molar-refractivity contribution in [3.05, 3.63) is 0 Å². The van der Waals surface area contributed by atoms with Crippen LogP contribution in [0.25, 0.3) is 0 Å². The van der Waals surface area contributed by atoms with Gasteiger partial charge in [0.15, 0.2) is 0 Å². The SMILES string of the molecule is CC(C)CCCC1CCC(C(=O)NCCC(=O)O)CC1. The van der Waals surface area contributed by atoms with Crippen molar-refractivity contribution in [1.29, 1.82) is 0 Å². The molecule has 0 atom stereocenters. The first-order valence-electron chi connectivity index (χ1n) is 7.98. The molecule has 0 heterocycles. The van der Waals surface area contributed by atoms with Gasteiger partial charge in [-0.25, -0.2) is 0 Å². The standard InChI is InChI=1S/C16H29NO3/c1-12(2)4-3-5-13-6-8-14(9-7-13)16(20)17-11-10-15(18)19/h12-14H,3-11H2,1-2H3,(H,17,20)(H,18,19). The summed E-state index contributed by atoms with van der Waals surface area (Å²) in [7, 11) is 0. The van der Waals surface area contributed by atoms with Gasteiger partial charge in [0.25, 0.3) is 0 Å². The van der Waals surface area contributed by atoms with Crippen molar-refractivity contribution in [2.45, 2.75) is 65.2 Å². The Labute approximate surface area is 122 Å². The van der Waals surface area contributed by atoms with Crippen molar-refractivity contribution in [2.75, 3.05) is 6.54 Å². The quantitative estimate of drug-likeness (QED) is 0.719. The molecule has 116 valence electrons. The number of carboxylic acids is 1. The fourth-order valence-electron chi connectivity index (χ4n) is 2.97. The minimum atomic E-state index is -0.862. The molecule has 0 aromatic carbocycles. The summed E-state index contributed by atoms with van der Waals surface area (Å²) >= 11 is 0. The zero-order chi connectivity index (χ0) is 15.0. The molecule has 0 unspecified atom stereocenters. The molecule has 4 heteroatoms. The van der Waals surface area contributed by atoms with Gasteiger partial charge in [0, 0.05) is 12.5 Å². The van der Waals surface area contributed by atoms with E-state index in [1.807, 2.05) is 0 Å². The van der Waals surface area contributed by atoms with Crippen LogP contribution in [0.1, 0.15) is 65.2 Å². The van der Waals surface area contributed by atoms with Gasteiger partial charge in [-0.15, -0.1) is 0 Å². The van der Waals surface area contributed by atoms with E-state index in [1.54, 1.807) is 0 Å². The summed E-state index contributed by atoms with van der Waals surface area (Å²) in [6, 6.07) is 0. The number of rotatable bonds is 8. The zero-order valence-corrected chi connectivity index (χ0v) is 12.9. The maximum atomic E-state index is 11.9. The molecule has 2 N–H and O–H groups in total. The van der Waals surface area contributed by atoms with Crippen LogP contribution >= 0.6 is 0 Å². The lowest BCUT2D eigenvalue weighted by Gasteiger charge is -2.27. The number of carbonyl (C=O) groups is 2. The summed E-state index contributed by atoms with van der Waals surface area (Å²) in [5.74, 6) is 0.861. The average Bonchev–Trinajstić information content (AvgIpc) is 2.38. The number of nitrogens with one attached hydrogen (secondary N) is 1. The van der Waals surface area contributed by atoms with Gasteiger partial charge in [0.2, 0.25) is 5.91 Å². The van der Waals surface area contributed by atoms with Crippen LogP contribution in [0.5, 0.6) is 0 Å². The Morgan fingerprint density at radius 1 is 1.20 bits per heavy atom. The van der Waals surface area contributed by atoms with Crippen LogP contribution in [0.2, 0.25) is 0 Å². The molecule has 0 aromatic rings. The molecule has 1 aliphatic carbocycles. The van der Waals surface area contributed by atoms with E-state index in [2.05, 4.69) is 19.2 Å². The molecule has 0 bridgehead atoms. The monoisotopic (exact) mass is 283 g/mol. The van der Waals surface area contributed by atoms with E-state index in [9.17, 15) is 9.59 Å². The fourth-order valence-corrected chi connectivity index (χ4v) is 2.97. The highest BCUT2D eigenvalue weighted by atomic mass is 16.4. The maximum Gasteiger partial charge on any atom is 0.305 e. The summed E-state index contributed by atoms with van der Waals surface area (Å²) in [6.45, 7) is 4.78. The molecule has 0 aliphatic heterocycles. The van der Waals surface area contributed by atoms with Crippen LogP contribution in [0.4, 0.5) is 0 Å². The van der Waals surface area contributed by atoms with E-state index in [-0.39, 0.29) is 24.8 Å². The Bertz CT molecular complexity index is 307. The van der Waals surface area contributed by atoms with Crippen LogP contribution in [0, 0.1) is 17.8 Å². The maximum absolute atomic E-state index is 11.9. The molecule has 1 amide bonds. The summed E-state index contributed by atoms with van der Waals surface area (Å²) in [5, 5.41) is 11.3. The Hall–Kier alpha value is -1.06. The van der Waals surface area contributed by atoms with Crippen molar-refractivity contribution >= 4 is 11.9 Å². The Kier molecular flexibility index (Phi) is 7.63. The number of hydrogen-bond donors (Lipinski definition) is 2. The lowest BCUT2D eigenvalue weighted by atomic mass is 9.79. The lowest BCUT2D eigenvalue weighted by Crippen LogP contribution is -2.34. The minimum Gasteiger partial charge on any atom is -0.481 e. The first-order chi connectivity index (χ1) is 9.49. The van der Waals surface area contributed by atoms with Crippen LogP contribution in [-0.4, -0.2) is 23.5 Å². The average molecular weight is 283 g/mol. The number of aliphatic carboxylic acids is 1. The first-order valence-corrected chi connectivity index (χ1v) is 7.98. The van der Waals surface area contributed by atoms with Crippen molar-refractivity contribution in [3.8, 4) is 0 Å². The van der Waals surface area contributed by atoms with Gasteiger partial charge >= 0.3 is 5.97 Å². The highest BCUT2D eigenvalue weighted by Crippen LogP contribution is 2.32. The van der Waals surface area contributed by atoms with E-state index in [4.69, 9.17) is 5.11 Å². The predicted octanol–water partition coefficient (Wildman–Crippen LogP) is 3.21. The Morgan fingerprint density at radius 2 is 1.85 bits per heavy atom. The molecule has 4 nitrogen and oxygen atoms in total. The molecular formula is C16H29NO3. The number of carboxylic acid groups (broad SMARTS) is 1. The highest BCUT2D eigenvalue weighted by Gasteiger charge is 2.25. The number of amides is 1. The van der Waals surface area contributed by atoms with E-state index in [0.29, 0.717) is 0 Å². The van der Waals surface area contributed by atoms with Gasteiger partial charge in [0.05, 0.1) is 6.42 Å². The van der Waals surface area contributed by atoms with Gasteiger partial charge in [0.1, 0.15) is 0 Å². The van der Waals surface area contributed by atoms with Gasteiger partial charge in [-0.1, -0.05) is 33.1 Å². The second-order valence-electron chi connectivity index (χ2n) is 6.48. The summed E-state index contributed by atoms with van der Waals surface area (Å²) in [5.41, 5.74) is 0. The number of carbonyl (C=O) groups excluding carboxylic acids is 1. The van der Waals surface area contributed by atoms with E-state index >= 15 is 0 Å². The molecule has 1 rings (SSSR count). The third-order valence-electron chi connectivity index (χ3n) is 4.25. The Morgan fingerprint density at radius 3 is 2.40 bits per heavy atom. The minimum absolute atomic E-state index is 0.0102. The van der Waals surface area contributed by atoms with Crippen LogP contribution in [0.15, 0.2) is 0 Å². The fraction of sp³-hybridized carbons (Fsp3) is 0.875. The van der Waals surface area contributed by atoms with E-state index < -0.39 is 5.97 Å². The van der Waals surface area contributed by atoms with Crippen LogP contribution in [-0.2, 0) is 9.59 Å². The van der Waals surface area contributed by atoms with Crippen molar-refractivity contribution in [2.24, 2.45) is 17.8 Å². The molecular weight excluding hydrogens is 254 g/mol. The van der Waals surface area contributed by atoms with E-state index in [0.717, 1.165) is 37.5 Å². The molecule has 1 saturated carbocycles. The molecule has 0 saturated heterocycles. The first kappa shape index (κ1) is 17.0. The van der Waals surface area contributed by atoms with Crippen molar-refractivity contribution in [3.63, 3.8) is 0 Å². The van der Waals surface area contributed by atoms with Gasteiger partial charge < -0.3 is 10.4 Å². The molecule has 0 spiro atoms. The second kappa shape index (κ2) is 8.98. The van der Waals surface area contributed by atoms with Gasteiger partial charge in [-0.2, -0.15) is 0 Å². The largest absolute Gasteiger partial charge is 0.481 e. The van der Waals surface area contributed by atoms with Crippen LogP contribution in [0.3, 0.4) is 0 Å². The van der Waals surface area contributed by atoms with Gasteiger partial charge in [-0.05, 0) is 37.5 Å². The van der Waals surface area contributed by atoms with E-state index in [1.165, 1.54) is 19.3 Å². The van der Waals surface area contributed by atoms with Crippen molar-refractivity contribution in [1.82, 2.24) is 5.32 Å². The molecule has 20 heavy (non-hydrogen) atoms. The smallest absolute Gasteiger partial charge is 0.305 e. The lowest BCUT2D eigenvalue weighted by molar-refractivity contribution is -0.137. The molecule has 0 radical (unpaired) electrons. The number of hydrogen-bond acceptors (Lipinski definition) is 2. The molecule has 1 fully saturated rings. The third-order valence-corrected chi connectivity index (χ3v) is 4.25. The zero-order valence-electron chi connectivity index (χ0n) is 12.9. The van der Waals surface area contributed by atoms with Gasteiger partial charge in [-0.3, -0.25) is 9.59 Å². The molecule has 0 aromatic heterocycles. The summed E-state index contributed by atoms with van der Waals surface area (Å²) in [6.07, 6.45) is 8.13. The summed E-state index contributed by atoms with van der Waals surface area (Å²) in [4.78, 5) is 22.3.